The second-order valence-electron chi connectivity index (χ2n) is 6.45. The predicted octanol–water partition coefficient (Wildman–Crippen LogP) is 1.82. The smallest absolute Gasteiger partial charge is 0.354 e. The molecule has 9 heteroatoms. The number of ether oxygens (including phenoxy) is 1. The van der Waals surface area contributed by atoms with E-state index in [-0.39, 0.29) is 25.2 Å². The van der Waals surface area contributed by atoms with Crippen molar-refractivity contribution < 1.29 is 23.9 Å². The summed E-state index contributed by atoms with van der Waals surface area (Å²) in [6.45, 7) is 4.79. The molecule has 3 amide bonds. The van der Waals surface area contributed by atoms with E-state index in [1.165, 1.54) is 13.0 Å². The van der Waals surface area contributed by atoms with E-state index < -0.39 is 29.2 Å². The van der Waals surface area contributed by atoms with Crippen molar-refractivity contribution in [3.8, 4) is 0 Å². The standard InChI is InChI=1S/C18H18ClN3O5/c1-4-27-16(25)14-8-18(22(20-14)11(3)23)9-15(24)21(17(18)26)12-6-5-10(2)13(19)7-12/h5-7H,4,8-9H2,1-3H3. The third kappa shape index (κ3) is 2.99. The fraction of sp³-hybridized carbons (Fsp3) is 0.389. The first-order valence-electron chi connectivity index (χ1n) is 8.40. The first-order valence-corrected chi connectivity index (χ1v) is 8.78. The maximum Gasteiger partial charge on any atom is 0.354 e. The molecule has 0 aliphatic carbocycles. The van der Waals surface area contributed by atoms with E-state index in [1.54, 1.807) is 26.0 Å². The van der Waals surface area contributed by atoms with Crippen molar-refractivity contribution in [1.29, 1.82) is 0 Å². The Morgan fingerprint density at radius 1 is 1.30 bits per heavy atom. The maximum atomic E-state index is 13.2. The number of hydrogen-bond donors (Lipinski definition) is 0. The summed E-state index contributed by atoms with van der Waals surface area (Å²) in [5.74, 6) is -2.37. The average molecular weight is 392 g/mol. The van der Waals surface area contributed by atoms with E-state index >= 15 is 0 Å². The molecule has 0 radical (unpaired) electrons. The van der Waals surface area contributed by atoms with Crippen LogP contribution in [0.15, 0.2) is 23.3 Å². The number of halogens is 1. The van der Waals surface area contributed by atoms with E-state index in [4.69, 9.17) is 16.3 Å². The molecule has 1 atom stereocenters. The topological polar surface area (TPSA) is 96.3 Å². The lowest BCUT2D eigenvalue weighted by Gasteiger charge is -2.29. The first kappa shape index (κ1) is 19.0. The predicted molar refractivity (Wildman–Crippen MR) is 97.2 cm³/mol. The highest BCUT2D eigenvalue weighted by Crippen LogP contribution is 2.41. The molecule has 2 aliphatic heterocycles. The van der Waals surface area contributed by atoms with Gasteiger partial charge in [-0.2, -0.15) is 5.10 Å². The number of carbonyl (C=O) groups is 4. The minimum atomic E-state index is -1.55. The maximum absolute atomic E-state index is 13.2. The fourth-order valence-electron chi connectivity index (χ4n) is 3.31. The number of benzene rings is 1. The molecule has 2 aliphatic rings. The Morgan fingerprint density at radius 3 is 2.59 bits per heavy atom. The first-order chi connectivity index (χ1) is 12.7. The van der Waals surface area contributed by atoms with Gasteiger partial charge in [0, 0.05) is 18.4 Å². The Bertz CT molecular complexity index is 897. The van der Waals surface area contributed by atoms with Gasteiger partial charge in [-0.1, -0.05) is 17.7 Å². The van der Waals surface area contributed by atoms with Crippen LogP contribution in [0.25, 0.3) is 0 Å². The molecule has 0 bridgehead atoms. The zero-order chi connectivity index (χ0) is 19.9. The summed E-state index contributed by atoms with van der Waals surface area (Å²) in [6, 6.07) is 4.82. The summed E-state index contributed by atoms with van der Waals surface area (Å²) in [4.78, 5) is 51.0. The van der Waals surface area contributed by atoms with Crippen molar-refractivity contribution in [1.82, 2.24) is 5.01 Å². The largest absolute Gasteiger partial charge is 0.461 e. The summed E-state index contributed by atoms with van der Waals surface area (Å²) in [5.41, 5.74) is -0.501. The van der Waals surface area contributed by atoms with Crippen molar-refractivity contribution in [3.05, 3.63) is 28.8 Å². The van der Waals surface area contributed by atoms with Crippen LogP contribution < -0.4 is 4.90 Å². The molecular weight excluding hydrogens is 374 g/mol. The number of rotatable bonds is 3. The molecular formula is C18H18ClN3O5. The van der Waals surface area contributed by atoms with Crippen molar-refractivity contribution in [2.24, 2.45) is 5.10 Å². The molecule has 142 valence electrons. The quantitative estimate of drug-likeness (QED) is 0.578. The molecule has 1 aromatic rings. The normalized spacial score (nSPS) is 21.9. The van der Waals surface area contributed by atoms with Gasteiger partial charge in [-0.05, 0) is 31.5 Å². The summed E-state index contributed by atoms with van der Waals surface area (Å²) in [7, 11) is 0. The molecule has 0 aromatic heterocycles. The Hall–Kier alpha value is -2.74. The van der Waals surface area contributed by atoms with E-state index in [0.29, 0.717) is 10.7 Å². The Morgan fingerprint density at radius 2 is 2.00 bits per heavy atom. The van der Waals surface area contributed by atoms with Gasteiger partial charge in [-0.3, -0.25) is 14.4 Å². The van der Waals surface area contributed by atoms with Gasteiger partial charge in [0.05, 0.1) is 18.7 Å². The summed E-state index contributed by atoms with van der Waals surface area (Å²) in [6.07, 6.45) is -0.449. The lowest BCUT2D eigenvalue weighted by molar-refractivity contribution is -0.141. The summed E-state index contributed by atoms with van der Waals surface area (Å²) in [5, 5.41) is 5.32. The fourth-order valence-corrected chi connectivity index (χ4v) is 3.49. The minimum absolute atomic E-state index is 0.0583. The molecule has 27 heavy (non-hydrogen) atoms. The Kier molecular flexibility index (Phi) is 4.77. The number of nitrogens with zero attached hydrogens (tertiary/aromatic N) is 3. The zero-order valence-corrected chi connectivity index (χ0v) is 15.9. The van der Waals surface area contributed by atoms with Gasteiger partial charge >= 0.3 is 5.97 Å². The Labute approximate surface area is 160 Å². The number of aryl methyl sites for hydroxylation is 1. The van der Waals surface area contributed by atoms with Crippen LogP contribution in [0, 0.1) is 6.92 Å². The van der Waals surface area contributed by atoms with E-state index in [9.17, 15) is 19.2 Å². The van der Waals surface area contributed by atoms with Crippen LogP contribution >= 0.6 is 11.6 Å². The Balaban J connectivity index is 2.00. The van der Waals surface area contributed by atoms with Gasteiger partial charge in [-0.25, -0.2) is 14.7 Å². The van der Waals surface area contributed by atoms with Crippen molar-refractivity contribution >= 4 is 46.7 Å². The van der Waals surface area contributed by atoms with Crippen LogP contribution in [0.3, 0.4) is 0 Å². The lowest BCUT2D eigenvalue weighted by atomic mass is 9.91. The third-order valence-corrected chi connectivity index (χ3v) is 5.01. The molecule has 1 saturated heterocycles. The molecule has 1 aromatic carbocycles. The highest BCUT2D eigenvalue weighted by Gasteiger charge is 2.61. The molecule has 8 nitrogen and oxygen atoms in total. The van der Waals surface area contributed by atoms with E-state index in [0.717, 1.165) is 15.5 Å². The van der Waals surface area contributed by atoms with Gasteiger partial charge in [0.25, 0.3) is 5.91 Å². The van der Waals surface area contributed by atoms with Gasteiger partial charge in [0.1, 0.15) is 5.71 Å². The lowest BCUT2D eigenvalue weighted by Crippen LogP contribution is -2.51. The highest BCUT2D eigenvalue weighted by molar-refractivity contribution is 6.39. The van der Waals surface area contributed by atoms with Crippen LogP contribution in [-0.4, -0.2) is 46.6 Å². The SMILES string of the molecule is CCOC(=O)C1=NN(C(C)=O)C2(CC(=O)N(c3ccc(C)c(Cl)c3)C2=O)C1. The summed E-state index contributed by atoms with van der Waals surface area (Å²) < 4.78 is 4.92. The van der Waals surface area contributed by atoms with Crippen LogP contribution in [0.5, 0.6) is 0 Å². The second kappa shape index (κ2) is 6.77. The molecule has 1 fully saturated rings. The molecule has 1 unspecified atom stereocenters. The zero-order valence-electron chi connectivity index (χ0n) is 15.1. The number of hydrazone groups is 1. The van der Waals surface area contributed by atoms with Crippen molar-refractivity contribution in [3.63, 3.8) is 0 Å². The molecule has 0 N–H and O–H groups in total. The monoisotopic (exact) mass is 391 g/mol. The number of hydrogen-bond acceptors (Lipinski definition) is 6. The number of esters is 1. The summed E-state index contributed by atoms with van der Waals surface area (Å²) >= 11 is 6.12. The molecule has 0 saturated carbocycles. The average Bonchev–Trinajstić information content (AvgIpc) is 3.10. The van der Waals surface area contributed by atoms with Gasteiger partial charge in [0.15, 0.2) is 5.54 Å². The number of imide groups is 1. The number of carbonyl (C=O) groups excluding carboxylic acids is 4. The van der Waals surface area contributed by atoms with Gasteiger partial charge in [0.2, 0.25) is 11.8 Å². The molecule has 1 spiro atoms. The van der Waals surface area contributed by atoms with Crippen LogP contribution in [-0.2, 0) is 23.9 Å². The van der Waals surface area contributed by atoms with Crippen LogP contribution in [0.4, 0.5) is 5.69 Å². The number of amides is 3. The van der Waals surface area contributed by atoms with Crippen molar-refractivity contribution in [2.45, 2.75) is 39.2 Å². The highest BCUT2D eigenvalue weighted by atomic mass is 35.5. The molecule has 3 rings (SSSR count). The van der Waals surface area contributed by atoms with E-state index in [2.05, 4.69) is 5.10 Å². The van der Waals surface area contributed by atoms with E-state index in [1.807, 2.05) is 0 Å². The van der Waals surface area contributed by atoms with Crippen molar-refractivity contribution in [2.75, 3.05) is 11.5 Å². The molecule has 2 heterocycles. The van der Waals surface area contributed by atoms with Crippen LogP contribution in [0.1, 0.15) is 32.3 Å². The van der Waals surface area contributed by atoms with Gasteiger partial charge < -0.3 is 4.74 Å². The second-order valence-corrected chi connectivity index (χ2v) is 6.86. The third-order valence-electron chi connectivity index (χ3n) is 4.60. The van der Waals surface area contributed by atoms with Gasteiger partial charge in [-0.15, -0.1) is 0 Å². The van der Waals surface area contributed by atoms with Crippen LogP contribution in [0.2, 0.25) is 5.02 Å². The number of anilines is 1. The minimum Gasteiger partial charge on any atom is -0.461 e.